The molecule has 0 aromatic heterocycles. The second-order valence-corrected chi connectivity index (χ2v) is 20.4. The Kier molecular flexibility index (Phi) is 56.2. The molecule has 3 N–H and O–H groups in total. The number of unbranched alkanes of at least 4 members (excludes halogenated alkanes) is 40. The molecule has 0 aromatic rings. The van der Waals surface area contributed by atoms with E-state index in [9.17, 15) is 15.0 Å². The number of aliphatic hydroxyl groups is 2. The van der Waals surface area contributed by atoms with Gasteiger partial charge in [0.25, 0.3) is 0 Å². The van der Waals surface area contributed by atoms with Gasteiger partial charge >= 0.3 is 0 Å². The summed E-state index contributed by atoms with van der Waals surface area (Å²) in [5.41, 5.74) is 0. The third-order valence-corrected chi connectivity index (χ3v) is 13.9. The number of rotatable bonds is 55. The van der Waals surface area contributed by atoms with Gasteiger partial charge in [0.05, 0.1) is 18.8 Å². The van der Waals surface area contributed by atoms with Gasteiger partial charge in [-0.3, -0.25) is 4.79 Å². The topological polar surface area (TPSA) is 69.6 Å². The summed E-state index contributed by atoms with van der Waals surface area (Å²) >= 11 is 0. The fourth-order valence-corrected chi connectivity index (χ4v) is 9.36. The van der Waals surface area contributed by atoms with Crippen LogP contribution < -0.4 is 5.32 Å². The van der Waals surface area contributed by atoms with Gasteiger partial charge in [0.1, 0.15) is 0 Å². The summed E-state index contributed by atoms with van der Waals surface area (Å²) < 4.78 is 0. The van der Waals surface area contributed by atoms with Gasteiger partial charge in [-0.15, -0.1) is 0 Å². The predicted molar refractivity (Wildman–Crippen MR) is 295 cm³/mol. The Labute approximate surface area is 414 Å². The molecule has 0 saturated carbocycles. The minimum absolute atomic E-state index is 0.0253. The molecule has 0 rings (SSSR count). The Morgan fingerprint density at radius 3 is 1.00 bits per heavy atom. The van der Waals surface area contributed by atoms with Crippen molar-refractivity contribution in [2.75, 3.05) is 6.61 Å². The molecular formula is C62H117NO3. The van der Waals surface area contributed by atoms with Gasteiger partial charge in [0.15, 0.2) is 0 Å². The van der Waals surface area contributed by atoms with Crippen LogP contribution in [0.1, 0.15) is 322 Å². The van der Waals surface area contributed by atoms with Gasteiger partial charge in [-0.1, -0.05) is 313 Å². The van der Waals surface area contributed by atoms with E-state index in [4.69, 9.17) is 0 Å². The Morgan fingerprint density at radius 2 is 0.667 bits per heavy atom. The van der Waals surface area contributed by atoms with Gasteiger partial charge in [-0.05, 0) is 51.4 Å². The summed E-state index contributed by atoms with van der Waals surface area (Å²) in [5, 5.41) is 23.4. The van der Waals surface area contributed by atoms with Crippen LogP contribution in [0.3, 0.4) is 0 Å². The highest BCUT2D eigenvalue weighted by Gasteiger charge is 2.20. The van der Waals surface area contributed by atoms with Crippen molar-refractivity contribution in [3.63, 3.8) is 0 Å². The second-order valence-electron chi connectivity index (χ2n) is 20.4. The van der Waals surface area contributed by atoms with Crippen LogP contribution >= 0.6 is 0 Å². The first kappa shape index (κ1) is 64.3. The molecule has 0 bridgehead atoms. The Hall–Kier alpha value is -1.65. The standard InChI is InChI=1S/C62H117NO3/c1-3-5-7-9-11-13-15-17-19-21-23-24-25-26-27-28-29-30-31-32-33-34-35-36-37-38-40-42-44-46-48-50-52-54-56-58-62(66)63-60(59-64)61(65)57-55-53-51-49-47-45-43-41-39-22-20-18-16-14-12-10-8-6-4-2/h5,7,11,13,17,19,23-24,60-61,64-65H,3-4,6,8-10,12,14-16,18,20-22,25-59H2,1-2H3,(H,63,66)/b7-5-,13-11-,19-17-,24-23-. The molecule has 0 radical (unpaired) electrons. The summed E-state index contributed by atoms with van der Waals surface area (Å²) in [6.45, 7) is 4.28. The van der Waals surface area contributed by atoms with Crippen molar-refractivity contribution in [1.82, 2.24) is 5.32 Å². The number of hydrogen-bond donors (Lipinski definition) is 3. The summed E-state index contributed by atoms with van der Waals surface area (Å²) in [4.78, 5) is 12.5. The minimum Gasteiger partial charge on any atom is -0.394 e. The van der Waals surface area contributed by atoms with Crippen molar-refractivity contribution in [3.8, 4) is 0 Å². The molecule has 4 nitrogen and oxygen atoms in total. The van der Waals surface area contributed by atoms with Crippen LogP contribution in [0.4, 0.5) is 0 Å². The number of carbonyl (C=O) groups excluding carboxylic acids is 1. The van der Waals surface area contributed by atoms with E-state index in [2.05, 4.69) is 67.8 Å². The lowest BCUT2D eigenvalue weighted by molar-refractivity contribution is -0.123. The highest BCUT2D eigenvalue weighted by atomic mass is 16.3. The molecule has 66 heavy (non-hydrogen) atoms. The smallest absolute Gasteiger partial charge is 0.220 e. The van der Waals surface area contributed by atoms with Crippen molar-refractivity contribution in [2.45, 2.75) is 334 Å². The van der Waals surface area contributed by atoms with Gasteiger partial charge in [0, 0.05) is 6.42 Å². The summed E-state index contributed by atoms with van der Waals surface area (Å²) in [6, 6.07) is -0.535. The van der Waals surface area contributed by atoms with Crippen molar-refractivity contribution in [3.05, 3.63) is 48.6 Å². The number of amides is 1. The zero-order chi connectivity index (χ0) is 47.7. The zero-order valence-corrected chi connectivity index (χ0v) is 44.7. The quantitative estimate of drug-likeness (QED) is 0.0420. The molecule has 0 aromatic carbocycles. The number of carbonyl (C=O) groups is 1. The Bertz CT molecular complexity index is 1050. The van der Waals surface area contributed by atoms with Crippen molar-refractivity contribution in [1.29, 1.82) is 0 Å². The molecule has 0 heterocycles. The molecule has 0 aliphatic heterocycles. The normalized spacial score (nSPS) is 13.1. The average Bonchev–Trinajstić information content (AvgIpc) is 3.32. The lowest BCUT2D eigenvalue weighted by Gasteiger charge is -2.22. The largest absolute Gasteiger partial charge is 0.394 e. The lowest BCUT2D eigenvalue weighted by atomic mass is 10.0. The third kappa shape index (κ3) is 53.3. The zero-order valence-electron chi connectivity index (χ0n) is 44.7. The molecule has 0 fully saturated rings. The molecule has 388 valence electrons. The highest BCUT2D eigenvalue weighted by Crippen LogP contribution is 2.18. The van der Waals surface area contributed by atoms with Crippen molar-refractivity contribution in [2.24, 2.45) is 0 Å². The fraction of sp³-hybridized carbons (Fsp3) is 0.855. The van der Waals surface area contributed by atoms with E-state index in [1.165, 1.54) is 244 Å². The van der Waals surface area contributed by atoms with Gasteiger partial charge < -0.3 is 15.5 Å². The minimum atomic E-state index is -0.658. The van der Waals surface area contributed by atoms with E-state index < -0.39 is 12.1 Å². The fourth-order valence-electron chi connectivity index (χ4n) is 9.36. The molecule has 2 unspecified atom stereocenters. The van der Waals surface area contributed by atoms with E-state index in [0.29, 0.717) is 12.8 Å². The van der Waals surface area contributed by atoms with E-state index in [0.717, 1.165) is 51.4 Å². The van der Waals surface area contributed by atoms with Gasteiger partial charge in [-0.25, -0.2) is 0 Å². The summed E-state index contributed by atoms with van der Waals surface area (Å²) in [5.74, 6) is -0.0253. The molecule has 2 atom stereocenters. The molecule has 4 heteroatoms. The maximum absolute atomic E-state index is 12.5. The first-order valence-electron chi connectivity index (χ1n) is 29.8. The molecule has 1 amide bonds. The van der Waals surface area contributed by atoms with Crippen LogP contribution in [0.15, 0.2) is 48.6 Å². The number of aliphatic hydroxyl groups excluding tert-OH is 2. The predicted octanol–water partition coefficient (Wildman–Crippen LogP) is 19.8. The Balaban J connectivity index is 3.40. The first-order valence-corrected chi connectivity index (χ1v) is 29.8. The lowest BCUT2D eigenvalue weighted by Crippen LogP contribution is -2.45. The van der Waals surface area contributed by atoms with E-state index in [1.807, 2.05) is 0 Å². The molecule has 0 saturated heterocycles. The van der Waals surface area contributed by atoms with Crippen LogP contribution in [0.5, 0.6) is 0 Å². The SMILES string of the molecule is CC/C=C\C/C=C\C/C=C\C/C=C\CCCCCCCCCCCCCCCCCCCCCCCCC(=O)NC(CO)C(O)CCCCCCCCCCCCCCCCCCCCC. The molecule has 0 aliphatic carbocycles. The molecular weight excluding hydrogens is 807 g/mol. The van der Waals surface area contributed by atoms with E-state index >= 15 is 0 Å². The van der Waals surface area contributed by atoms with Crippen LogP contribution in [0, 0.1) is 0 Å². The van der Waals surface area contributed by atoms with E-state index in [1.54, 1.807) is 0 Å². The maximum Gasteiger partial charge on any atom is 0.220 e. The highest BCUT2D eigenvalue weighted by molar-refractivity contribution is 5.76. The van der Waals surface area contributed by atoms with E-state index in [-0.39, 0.29) is 12.5 Å². The van der Waals surface area contributed by atoms with Crippen LogP contribution in [0.2, 0.25) is 0 Å². The van der Waals surface area contributed by atoms with Crippen LogP contribution in [0.25, 0.3) is 0 Å². The number of allylic oxidation sites excluding steroid dienone is 8. The van der Waals surface area contributed by atoms with Gasteiger partial charge in [-0.2, -0.15) is 0 Å². The maximum atomic E-state index is 12.5. The number of hydrogen-bond acceptors (Lipinski definition) is 3. The monoisotopic (exact) mass is 924 g/mol. The van der Waals surface area contributed by atoms with Gasteiger partial charge in [0.2, 0.25) is 5.91 Å². The van der Waals surface area contributed by atoms with Crippen molar-refractivity contribution < 1.29 is 15.0 Å². The first-order chi connectivity index (χ1) is 32.7. The summed E-state index contributed by atoms with van der Waals surface area (Å²) in [7, 11) is 0. The van der Waals surface area contributed by atoms with Crippen LogP contribution in [-0.2, 0) is 4.79 Å². The second kappa shape index (κ2) is 57.7. The molecule has 0 spiro atoms. The third-order valence-electron chi connectivity index (χ3n) is 13.9. The van der Waals surface area contributed by atoms with Crippen LogP contribution in [-0.4, -0.2) is 34.9 Å². The number of nitrogens with one attached hydrogen (secondary N) is 1. The Morgan fingerprint density at radius 1 is 0.379 bits per heavy atom. The molecule has 0 aliphatic rings. The van der Waals surface area contributed by atoms with Crippen molar-refractivity contribution >= 4 is 5.91 Å². The average molecular weight is 925 g/mol. The summed E-state index contributed by atoms with van der Waals surface area (Å²) in [6.07, 6.45) is 79.8.